The van der Waals surface area contributed by atoms with E-state index in [1.165, 1.54) is 0 Å². The zero-order chi connectivity index (χ0) is 13.7. The van der Waals surface area contributed by atoms with Crippen molar-refractivity contribution in [1.29, 1.82) is 0 Å². The molecule has 2 aromatic rings. The molecule has 0 bridgehead atoms. The number of para-hydroxylation sites is 1. The molecule has 0 saturated carbocycles. The van der Waals surface area contributed by atoms with Crippen LogP contribution in [0.15, 0.2) is 42.6 Å². The van der Waals surface area contributed by atoms with Crippen molar-refractivity contribution in [2.75, 3.05) is 12.3 Å². The zero-order valence-corrected chi connectivity index (χ0v) is 10.9. The zero-order valence-electron chi connectivity index (χ0n) is 10.9. The number of hydrogen-bond acceptors (Lipinski definition) is 4. The fourth-order valence-corrected chi connectivity index (χ4v) is 1.83. The lowest BCUT2D eigenvalue weighted by molar-refractivity contribution is 0.141. The van der Waals surface area contributed by atoms with Crippen LogP contribution in [-0.2, 0) is 0 Å². The van der Waals surface area contributed by atoms with E-state index >= 15 is 0 Å². The number of ether oxygens (including phenoxy) is 1. The topological polar surface area (TPSA) is 68.4 Å². The van der Waals surface area contributed by atoms with Gasteiger partial charge in [-0.2, -0.15) is 0 Å². The summed E-state index contributed by atoms with van der Waals surface area (Å²) in [4.78, 5) is 4.04. The molecule has 1 atom stereocenters. The third-order valence-electron chi connectivity index (χ3n) is 2.85. The average molecular weight is 258 g/mol. The summed E-state index contributed by atoms with van der Waals surface area (Å²) in [5, 5.41) is 10.1. The van der Waals surface area contributed by atoms with Gasteiger partial charge in [0.2, 0.25) is 0 Å². The minimum Gasteiger partial charge on any atom is -0.493 e. The van der Waals surface area contributed by atoms with Gasteiger partial charge in [-0.3, -0.25) is 0 Å². The molecule has 0 fully saturated rings. The van der Waals surface area contributed by atoms with Crippen molar-refractivity contribution in [2.24, 2.45) is 0 Å². The summed E-state index contributed by atoms with van der Waals surface area (Å²) < 4.78 is 5.55. The van der Waals surface area contributed by atoms with E-state index in [2.05, 4.69) is 4.98 Å². The first-order valence-electron chi connectivity index (χ1n) is 6.25. The van der Waals surface area contributed by atoms with Crippen LogP contribution in [0.5, 0.6) is 5.75 Å². The van der Waals surface area contributed by atoms with Crippen LogP contribution in [0.4, 0.5) is 5.82 Å². The number of aryl methyl sites for hydroxylation is 1. The normalized spacial score (nSPS) is 12.1. The monoisotopic (exact) mass is 258 g/mol. The maximum atomic E-state index is 10.1. The first-order valence-corrected chi connectivity index (χ1v) is 6.25. The lowest BCUT2D eigenvalue weighted by atomic mass is 10.1. The third kappa shape index (κ3) is 3.69. The Labute approximate surface area is 112 Å². The molecule has 4 nitrogen and oxygen atoms in total. The number of rotatable bonds is 5. The quantitative estimate of drug-likeness (QED) is 0.864. The van der Waals surface area contributed by atoms with Crippen molar-refractivity contribution in [3.05, 3.63) is 53.7 Å². The number of aliphatic hydroxyl groups excluding tert-OH is 1. The summed E-state index contributed by atoms with van der Waals surface area (Å²) >= 11 is 0. The van der Waals surface area contributed by atoms with Crippen molar-refractivity contribution in [3.63, 3.8) is 0 Å². The number of aromatic nitrogens is 1. The molecule has 19 heavy (non-hydrogen) atoms. The van der Waals surface area contributed by atoms with Crippen LogP contribution in [0.3, 0.4) is 0 Å². The molecule has 1 unspecified atom stereocenters. The SMILES string of the molecule is Cc1cnc(N)c(C(O)CCOc2ccccc2)c1. The molecule has 0 aliphatic rings. The van der Waals surface area contributed by atoms with E-state index in [1.807, 2.05) is 43.3 Å². The molecule has 100 valence electrons. The summed E-state index contributed by atoms with van der Waals surface area (Å²) in [5.41, 5.74) is 7.40. The molecule has 1 heterocycles. The predicted molar refractivity (Wildman–Crippen MR) is 74.9 cm³/mol. The van der Waals surface area contributed by atoms with E-state index in [0.29, 0.717) is 24.4 Å². The molecular formula is C15H18N2O2. The third-order valence-corrected chi connectivity index (χ3v) is 2.85. The second-order valence-corrected chi connectivity index (χ2v) is 4.45. The van der Waals surface area contributed by atoms with Gasteiger partial charge in [-0.05, 0) is 30.7 Å². The molecule has 0 aliphatic heterocycles. The number of benzene rings is 1. The number of aliphatic hydroxyl groups is 1. The van der Waals surface area contributed by atoms with E-state index in [1.54, 1.807) is 6.20 Å². The van der Waals surface area contributed by atoms with Gasteiger partial charge >= 0.3 is 0 Å². The molecule has 0 spiro atoms. The number of hydrogen-bond donors (Lipinski definition) is 2. The number of anilines is 1. The Balaban J connectivity index is 1.91. The van der Waals surface area contributed by atoms with Crippen molar-refractivity contribution in [2.45, 2.75) is 19.4 Å². The lowest BCUT2D eigenvalue weighted by Crippen LogP contribution is -2.09. The molecule has 1 aromatic heterocycles. The number of pyridine rings is 1. The van der Waals surface area contributed by atoms with Crippen molar-refractivity contribution in [1.82, 2.24) is 4.98 Å². The van der Waals surface area contributed by atoms with Crippen molar-refractivity contribution < 1.29 is 9.84 Å². The van der Waals surface area contributed by atoms with E-state index in [4.69, 9.17) is 10.5 Å². The Kier molecular flexibility index (Phi) is 4.36. The average Bonchev–Trinajstić information content (AvgIpc) is 2.42. The highest BCUT2D eigenvalue weighted by atomic mass is 16.5. The predicted octanol–water partition coefficient (Wildman–Crippen LogP) is 2.47. The molecule has 4 heteroatoms. The number of nitrogens with zero attached hydrogens (tertiary/aromatic N) is 1. The van der Waals surface area contributed by atoms with E-state index in [0.717, 1.165) is 11.3 Å². The summed E-state index contributed by atoms with van der Waals surface area (Å²) in [7, 11) is 0. The lowest BCUT2D eigenvalue weighted by Gasteiger charge is -2.14. The van der Waals surface area contributed by atoms with Gasteiger partial charge in [0.1, 0.15) is 11.6 Å². The van der Waals surface area contributed by atoms with Crippen LogP contribution in [0.25, 0.3) is 0 Å². The fourth-order valence-electron chi connectivity index (χ4n) is 1.83. The number of nitrogens with two attached hydrogens (primary N) is 1. The van der Waals surface area contributed by atoms with Gasteiger partial charge in [-0.25, -0.2) is 4.98 Å². The van der Waals surface area contributed by atoms with E-state index in [9.17, 15) is 5.11 Å². The Morgan fingerprint density at radius 3 is 2.79 bits per heavy atom. The van der Waals surface area contributed by atoms with Crippen molar-refractivity contribution >= 4 is 5.82 Å². The highest BCUT2D eigenvalue weighted by Crippen LogP contribution is 2.22. The standard InChI is InChI=1S/C15H18N2O2/c1-11-9-13(15(16)17-10-11)14(18)7-8-19-12-5-3-2-4-6-12/h2-6,9-10,14,18H,7-8H2,1H3,(H2,16,17). The summed E-state index contributed by atoms with van der Waals surface area (Å²) in [5.74, 6) is 1.17. The fraction of sp³-hybridized carbons (Fsp3) is 0.267. The van der Waals surface area contributed by atoms with Crippen molar-refractivity contribution in [3.8, 4) is 5.75 Å². The summed E-state index contributed by atoms with van der Waals surface area (Å²) in [6, 6.07) is 11.4. The van der Waals surface area contributed by atoms with Gasteiger partial charge in [-0.1, -0.05) is 18.2 Å². The van der Waals surface area contributed by atoms with Gasteiger partial charge in [-0.15, -0.1) is 0 Å². The van der Waals surface area contributed by atoms with E-state index in [-0.39, 0.29) is 0 Å². The molecule has 1 aromatic carbocycles. The Morgan fingerprint density at radius 2 is 2.05 bits per heavy atom. The first kappa shape index (κ1) is 13.4. The largest absolute Gasteiger partial charge is 0.493 e. The van der Waals surface area contributed by atoms with Crippen LogP contribution >= 0.6 is 0 Å². The molecule has 0 saturated heterocycles. The summed E-state index contributed by atoms with van der Waals surface area (Å²) in [6.07, 6.45) is 1.51. The Bertz CT molecular complexity index is 529. The van der Waals surface area contributed by atoms with Crippen LogP contribution in [-0.4, -0.2) is 16.7 Å². The van der Waals surface area contributed by atoms with Crippen LogP contribution in [0, 0.1) is 6.92 Å². The minimum absolute atomic E-state index is 0.373. The van der Waals surface area contributed by atoms with Crippen LogP contribution in [0.1, 0.15) is 23.7 Å². The second kappa shape index (κ2) is 6.20. The molecule has 0 radical (unpaired) electrons. The maximum Gasteiger partial charge on any atom is 0.129 e. The second-order valence-electron chi connectivity index (χ2n) is 4.45. The highest BCUT2D eigenvalue weighted by molar-refractivity contribution is 5.42. The highest BCUT2D eigenvalue weighted by Gasteiger charge is 2.12. The Morgan fingerprint density at radius 1 is 1.32 bits per heavy atom. The molecule has 0 aliphatic carbocycles. The maximum absolute atomic E-state index is 10.1. The number of nitrogen functional groups attached to an aromatic ring is 1. The first-order chi connectivity index (χ1) is 9.16. The minimum atomic E-state index is -0.656. The van der Waals surface area contributed by atoms with Gasteiger partial charge < -0.3 is 15.6 Å². The molecule has 3 N–H and O–H groups in total. The molecule has 0 amide bonds. The van der Waals surface area contributed by atoms with E-state index < -0.39 is 6.10 Å². The molecular weight excluding hydrogens is 240 g/mol. The summed E-state index contributed by atoms with van der Waals surface area (Å²) in [6.45, 7) is 2.35. The van der Waals surface area contributed by atoms with Crippen LogP contribution in [0.2, 0.25) is 0 Å². The van der Waals surface area contributed by atoms with Gasteiger partial charge in [0.25, 0.3) is 0 Å². The van der Waals surface area contributed by atoms with Crippen LogP contribution < -0.4 is 10.5 Å². The molecule has 2 rings (SSSR count). The van der Waals surface area contributed by atoms with Gasteiger partial charge in [0.15, 0.2) is 0 Å². The smallest absolute Gasteiger partial charge is 0.129 e. The van der Waals surface area contributed by atoms with Gasteiger partial charge in [0, 0.05) is 18.2 Å². The Hall–Kier alpha value is -2.07. The van der Waals surface area contributed by atoms with Gasteiger partial charge in [0.05, 0.1) is 12.7 Å².